The summed E-state index contributed by atoms with van der Waals surface area (Å²) in [6.45, 7) is 1.77. The first kappa shape index (κ1) is 9.19. The van der Waals surface area contributed by atoms with Crippen molar-refractivity contribution in [1.29, 1.82) is 0 Å². The lowest BCUT2D eigenvalue weighted by molar-refractivity contribution is -0.136. The molecule has 0 saturated carbocycles. The van der Waals surface area contributed by atoms with E-state index >= 15 is 0 Å². The molecule has 2 rings (SSSR count). The van der Waals surface area contributed by atoms with Crippen LogP contribution in [0.2, 0.25) is 0 Å². The summed E-state index contributed by atoms with van der Waals surface area (Å²) in [7, 11) is 0. The quantitative estimate of drug-likeness (QED) is 0.578. The smallest absolute Gasteiger partial charge is 0.236 e. The second-order valence-electron chi connectivity index (χ2n) is 3.43. The van der Waals surface area contributed by atoms with Crippen LogP contribution in [0.3, 0.4) is 0 Å². The van der Waals surface area contributed by atoms with E-state index in [0.717, 1.165) is 0 Å². The molecule has 1 atom stereocenters. The molecule has 2 amide bonds. The van der Waals surface area contributed by atoms with Gasteiger partial charge in [-0.05, 0) is 6.08 Å². The Kier molecular flexibility index (Phi) is 2.23. The van der Waals surface area contributed by atoms with Gasteiger partial charge >= 0.3 is 0 Å². The Morgan fingerprint density at radius 2 is 2.29 bits per heavy atom. The molecule has 1 unspecified atom stereocenters. The molecule has 14 heavy (non-hydrogen) atoms. The van der Waals surface area contributed by atoms with Crippen LogP contribution >= 0.6 is 0 Å². The minimum absolute atomic E-state index is 0.116. The maximum absolute atomic E-state index is 11.6. The average molecular weight is 188 g/mol. The third-order valence-electron chi connectivity index (χ3n) is 2.32. The fourth-order valence-electron chi connectivity index (χ4n) is 1.58. The molecule has 2 aliphatic rings. The summed E-state index contributed by atoms with van der Waals surface area (Å²) in [5, 5.41) is 0. The number of carbonyl (C=O) groups excluding carboxylic acids is 2. The molecule has 3 nitrogen and oxygen atoms in total. The highest BCUT2D eigenvalue weighted by Gasteiger charge is 2.37. The lowest BCUT2D eigenvalue weighted by Crippen LogP contribution is -2.30. The molecule has 1 aliphatic heterocycles. The summed E-state index contributed by atoms with van der Waals surface area (Å²) >= 11 is 0. The van der Waals surface area contributed by atoms with Crippen LogP contribution in [0.15, 0.2) is 23.9 Å². The van der Waals surface area contributed by atoms with Crippen LogP contribution in [0.1, 0.15) is 13.3 Å². The molecule has 1 saturated heterocycles. The molecule has 0 aromatic rings. The molecular weight excluding hydrogens is 178 g/mol. The van der Waals surface area contributed by atoms with Gasteiger partial charge in [0.2, 0.25) is 11.8 Å². The summed E-state index contributed by atoms with van der Waals surface area (Å²) in [5.74, 6) is -0.431. The highest BCUT2D eigenvalue weighted by molar-refractivity contribution is 6.05. The molecular formula is C11H10NO2. The first-order valence-corrected chi connectivity index (χ1v) is 4.53. The Morgan fingerprint density at radius 3 is 2.79 bits per heavy atom. The number of hydrogen-bond acceptors (Lipinski definition) is 2. The van der Waals surface area contributed by atoms with E-state index < -0.39 is 0 Å². The highest BCUT2D eigenvalue weighted by Crippen LogP contribution is 2.26. The van der Waals surface area contributed by atoms with Gasteiger partial charge in [0.05, 0.1) is 0 Å². The number of imide groups is 1. The number of rotatable bonds is 1. The summed E-state index contributed by atoms with van der Waals surface area (Å²) in [6.07, 6.45) is 10.0. The van der Waals surface area contributed by atoms with Gasteiger partial charge in [-0.1, -0.05) is 19.1 Å². The van der Waals surface area contributed by atoms with Crippen LogP contribution in [-0.2, 0) is 9.59 Å². The highest BCUT2D eigenvalue weighted by atomic mass is 16.2. The van der Waals surface area contributed by atoms with Crippen molar-refractivity contribution in [3.63, 3.8) is 0 Å². The topological polar surface area (TPSA) is 37.4 Å². The van der Waals surface area contributed by atoms with Crippen LogP contribution in [0.4, 0.5) is 0 Å². The Bertz CT molecular complexity index is 341. The minimum atomic E-state index is -0.192. The first-order valence-electron chi connectivity index (χ1n) is 4.53. The lowest BCUT2D eigenvalue weighted by atomic mass is 10.1. The summed E-state index contributed by atoms with van der Waals surface area (Å²) in [5.41, 5.74) is 0.617. The molecule has 1 fully saturated rings. The Labute approximate surface area is 83.1 Å². The van der Waals surface area contributed by atoms with Crippen molar-refractivity contribution in [2.24, 2.45) is 5.92 Å². The van der Waals surface area contributed by atoms with Gasteiger partial charge in [-0.3, -0.25) is 14.5 Å². The average Bonchev–Trinajstić information content (AvgIpc) is 2.43. The van der Waals surface area contributed by atoms with E-state index in [4.69, 9.17) is 0 Å². The number of hydrogen-bond donors (Lipinski definition) is 0. The fourth-order valence-corrected chi connectivity index (χ4v) is 1.58. The standard InChI is InChI=1S/C11H10NO2/c1-8-7-10(13)12(11(8)14)9-5-3-2-4-6-9/h2-3,5-6,8H,7H2,1H3. The first-order chi connectivity index (χ1) is 6.70. The molecule has 1 aliphatic carbocycles. The number of nitrogens with zero attached hydrogens (tertiary/aromatic N) is 1. The molecule has 0 bridgehead atoms. The van der Waals surface area contributed by atoms with Crippen molar-refractivity contribution in [3.05, 3.63) is 36.8 Å². The van der Waals surface area contributed by atoms with E-state index in [1.54, 1.807) is 31.6 Å². The van der Waals surface area contributed by atoms with Crippen LogP contribution in [0.25, 0.3) is 0 Å². The van der Waals surface area contributed by atoms with Gasteiger partial charge < -0.3 is 0 Å². The van der Waals surface area contributed by atoms with Gasteiger partial charge in [0.25, 0.3) is 0 Å². The minimum Gasteiger partial charge on any atom is -0.274 e. The van der Waals surface area contributed by atoms with Gasteiger partial charge in [-0.2, -0.15) is 0 Å². The van der Waals surface area contributed by atoms with Gasteiger partial charge in [0.1, 0.15) is 0 Å². The van der Waals surface area contributed by atoms with Crippen molar-refractivity contribution in [1.82, 2.24) is 4.90 Å². The van der Waals surface area contributed by atoms with Crippen molar-refractivity contribution in [3.8, 4) is 0 Å². The van der Waals surface area contributed by atoms with Gasteiger partial charge in [-0.25, -0.2) is 0 Å². The summed E-state index contributed by atoms with van der Waals surface area (Å²) in [4.78, 5) is 24.3. The predicted molar refractivity (Wildman–Crippen MR) is 50.4 cm³/mol. The molecule has 3 heteroatoms. The number of allylic oxidation sites excluding steroid dienone is 4. The van der Waals surface area contributed by atoms with E-state index in [0.29, 0.717) is 12.1 Å². The maximum atomic E-state index is 11.6. The van der Waals surface area contributed by atoms with Crippen LogP contribution < -0.4 is 0 Å². The Balaban J connectivity index is 2.25. The second kappa shape index (κ2) is 3.40. The van der Waals surface area contributed by atoms with E-state index in [2.05, 4.69) is 6.42 Å². The summed E-state index contributed by atoms with van der Waals surface area (Å²) < 4.78 is 0. The second-order valence-corrected chi connectivity index (χ2v) is 3.43. The van der Waals surface area contributed by atoms with Crippen molar-refractivity contribution in [2.45, 2.75) is 13.3 Å². The molecule has 0 spiro atoms. The van der Waals surface area contributed by atoms with Crippen molar-refractivity contribution < 1.29 is 9.59 Å². The van der Waals surface area contributed by atoms with Crippen molar-refractivity contribution >= 4 is 11.8 Å². The third kappa shape index (κ3) is 1.39. The normalized spacial score (nSPS) is 27.1. The maximum Gasteiger partial charge on any atom is 0.236 e. The zero-order valence-electron chi connectivity index (χ0n) is 7.86. The molecule has 1 heterocycles. The van der Waals surface area contributed by atoms with Crippen LogP contribution in [0.5, 0.6) is 0 Å². The van der Waals surface area contributed by atoms with E-state index in [9.17, 15) is 9.59 Å². The fraction of sp³-hybridized carbons (Fsp3) is 0.273. The van der Waals surface area contributed by atoms with E-state index in [-0.39, 0.29) is 17.7 Å². The SMILES string of the molecule is CC1CC(=O)N(C2=CC=C[C][CH]2)C1=O. The number of carbonyl (C=O) groups is 2. The Morgan fingerprint density at radius 1 is 1.50 bits per heavy atom. The molecule has 3 radical (unpaired) electrons. The summed E-state index contributed by atoms with van der Waals surface area (Å²) in [6, 6.07) is 0. The van der Waals surface area contributed by atoms with E-state index in [1.165, 1.54) is 4.90 Å². The lowest BCUT2D eigenvalue weighted by Gasteiger charge is -2.18. The monoisotopic (exact) mass is 188 g/mol. The van der Waals surface area contributed by atoms with Gasteiger partial charge in [-0.15, -0.1) is 0 Å². The zero-order valence-corrected chi connectivity index (χ0v) is 7.86. The third-order valence-corrected chi connectivity index (χ3v) is 2.32. The zero-order chi connectivity index (χ0) is 10.1. The van der Waals surface area contributed by atoms with Crippen molar-refractivity contribution in [2.75, 3.05) is 0 Å². The number of likely N-dealkylation sites (tertiary alicyclic amines) is 1. The van der Waals surface area contributed by atoms with Crippen LogP contribution in [0, 0.1) is 18.8 Å². The molecule has 0 aromatic heterocycles. The van der Waals surface area contributed by atoms with Gasteiger partial charge in [0, 0.05) is 30.9 Å². The van der Waals surface area contributed by atoms with Crippen LogP contribution in [-0.4, -0.2) is 16.7 Å². The molecule has 0 N–H and O–H groups in total. The van der Waals surface area contributed by atoms with Gasteiger partial charge in [0.15, 0.2) is 0 Å². The largest absolute Gasteiger partial charge is 0.274 e. The Hall–Kier alpha value is -1.38. The molecule has 71 valence electrons. The molecule has 0 aromatic carbocycles. The van der Waals surface area contributed by atoms with E-state index in [1.807, 2.05) is 0 Å². The predicted octanol–water partition coefficient (Wildman–Crippen LogP) is 1.12. The number of amides is 2.